The number of aromatic nitrogens is 2. The molecular formula is C8H10N2O3. The van der Waals surface area contributed by atoms with Crippen molar-refractivity contribution in [3.05, 3.63) is 33.1 Å². The second-order valence-electron chi connectivity index (χ2n) is 2.80. The van der Waals surface area contributed by atoms with Crippen LogP contribution in [0.15, 0.2) is 21.9 Å². The van der Waals surface area contributed by atoms with Gasteiger partial charge in [-0.05, 0) is 13.8 Å². The van der Waals surface area contributed by atoms with Crippen LogP contribution in [0.2, 0.25) is 0 Å². The van der Waals surface area contributed by atoms with Gasteiger partial charge in [-0.3, -0.25) is 19.1 Å². The number of Topliss-reactive ketones (excluding diaryl/α,β-unsaturated/α-hetero) is 1. The second-order valence-corrected chi connectivity index (χ2v) is 2.80. The normalized spacial score (nSPS) is 12.5. The van der Waals surface area contributed by atoms with E-state index in [4.69, 9.17) is 0 Å². The highest BCUT2D eigenvalue weighted by Crippen LogP contribution is 2.00. The van der Waals surface area contributed by atoms with Crippen LogP contribution >= 0.6 is 0 Å². The largest absolute Gasteiger partial charge is 0.328 e. The van der Waals surface area contributed by atoms with E-state index in [9.17, 15) is 14.4 Å². The number of hydrogen-bond donors (Lipinski definition) is 1. The maximum atomic E-state index is 11.1. The first-order valence-corrected chi connectivity index (χ1v) is 3.84. The highest BCUT2D eigenvalue weighted by atomic mass is 16.2. The molecule has 0 aromatic carbocycles. The van der Waals surface area contributed by atoms with Crippen molar-refractivity contribution in [2.24, 2.45) is 0 Å². The Bertz CT molecular complexity index is 430. The van der Waals surface area contributed by atoms with Crippen LogP contribution in [0.1, 0.15) is 19.9 Å². The molecule has 1 heterocycles. The molecule has 1 aromatic heterocycles. The topological polar surface area (TPSA) is 71.9 Å². The van der Waals surface area contributed by atoms with Crippen LogP contribution < -0.4 is 11.2 Å². The molecule has 1 atom stereocenters. The first-order chi connectivity index (χ1) is 6.02. The molecule has 1 unspecified atom stereocenters. The second kappa shape index (κ2) is 3.38. The van der Waals surface area contributed by atoms with Crippen LogP contribution in [0.3, 0.4) is 0 Å². The zero-order valence-corrected chi connectivity index (χ0v) is 7.40. The molecule has 0 aliphatic rings. The average Bonchev–Trinajstić information content (AvgIpc) is 2.03. The first-order valence-electron chi connectivity index (χ1n) is 3.84. The summed E-state index contributed by atoms with van der Waals surface area (Å²) >= 11 is 0. The smallest absolute Gasteiger partial charge is 0.298 e. The minimum Gasteiger partial charge on any atom is -0.298 e. The van der Waals surface area contributed by atoms with E-state index in [2.05, 4.69) is 4.98 Å². The Hall–Kier alpha value is -1.65. The highest BCUT2D eigenvalue weighted by molar-refractivity contribution is 5.79. The van der Waals surface area contributed by atoms with Crippen molar-refractivity contribution in [3.8, 4) is 0 Å². The zero-order valence-electron chi connectivity index (χ0n) is 7.40. The fraction of sp³-hybridized carbons (Fsp3) is 0.375. The molecule has 1 aromatic rings. The Morgan fingerprint density at radius 1 is 1.54 bits per heavy atom. The summed E-state index contributed by atoms with van der Waals surface area (Å²) in [6.07, 6.45) is 1.31. The summed E-state index contributed by atoms with van der Waals surface area (Å²) in [6, 6.07) is 0.672. The standard InChI is InChI=1S/C8H10N2O3/c1-5(6(2)11)10-4-3-7(12)9-8(10)13/h3-5H,1-2H3,(H,9,12,13). The van der Waals surface area contributed by atoms with E-state index < -0.39 is 17.3 Å². The lowest BCUT2D eigenvalue weighted by molar-refractivity contribution is -0.119. The van der Waals surface area contributed by atoms with Crippen LogP contribution in [-0.4, -0.2) is 15.3 Å². The van der Waals surface area contributed by atoms with Gasteiger partial charge in [0.05, 0.1) is 6.04 Å². The predicted molar refractivity (Wildman–Crippen MR) is 46.7 cm³/mol. The van der Waals surface area contributed by atoms with Crippen LogP contribution in [0.5, 0.6) is 0 Å². The number of ketones is 1. The van der Waals surface area contributed by atoms with Crippen LogP contribution in [-0.2, 0) is 4.79 Å². The molecule has 0 fully saturated rings. The summed E-state index contributed by atoms with van der Waals surface area (Å²) in [5, 5.41) is 0. The molecule has 1 N–H and O–H groups in total. The summed E-state index contributed by atoms with van der Waals surface area (Å²) in [4.78, 5) is 34.8. The van der Waals surface area contributed by atoms with Gasteiger partial charge in [-0.1, -0.05) is 0 Å². The first kappa shape index (κ1) is 9.44. The monoisotopic (exact) mass is 182 g/mol. The maximum Gasteiger partial charge on any atom is 0.328 e. The number of nitrogens with zero attached hydrogens (tertiary/aromatic N) is 1. The molecule has 0 saturated carbocycles. The van der Waals surface area contributed by atoms with Gasteiger partial charge >= 0.3 is 5.69 Å². The van der Waals surface area contributed by atoms with Crippen molar-refractivity contribution in [3.63, 3.8) is 0 Å². The SMILES string of the molecule is CC(=O)C(C)n1ccc(=O)[nH]c1=O. The molecular weight excluding hydrogens is 172 g/mol. The van der Waals surface area contributed by atoms with Gasteiger partial charge in [0, 0.05) is 12.3 Å². The van der Waals surface area contributed by atoms with Gasteiger partial charge in [0.25, 0.3) is 5.56 Å². The van der Waals surface area contributed by atoms with Crippen molar-refractivity contribution >= 4 is 5.78 Å². The van der Waals surface area contributed by atoms with Gasteiger partial charge < -0.3 is 0 Å². The number of carbonyl (C=O) groups is 1. The summed E-state index contributed by atoms with van der Waals surface area (Å²) in [7, 11) is 0. The fourth-order valence-corrected chi connectivity index (χ4v) is 0.928. The Balaban J connectivity index is 3.24. The predicted octanol–water partition coefficient (Wildman–Crippen LogP) is -0.313. The van der Waals surface area contributed by atoms with Crippen molar-refractivity contribution in [1.29, 1.82) is 0 Å². The number of carbonyl (C=O) groups excluding carboxylic acids is 1. The number of rotatable bonds is 2. The summed E-state index contributed by atoms with van der Waals surface area (Å²) in [5.41, 5.74) is -1.02. The average molecular weight is 182 g/mol. The van der Waals surface area contributed by atoms with Gasteiger partial charge in [-0.15, -0.1) is 0 Å². The van der Waals surface area contributed by atoms with Gasteiger partial charge in [0.2, 0.25) is 0 Å². The van der Waals surface area contributed by atoms with Gasteiger partial charge in [0.15, 0.2) is 5.78 Å². The molecule has 0 aliphatic heterocycles. The third-order valence-corrected chi connectivity index (χ3v) is 1.86. The van der Waals surface area contributed by atoms with Crippen LogP contribution in [0.25, 0.3) is 0 Å². The van der Waals surface area contributed by atoms with E-state index in [1.54, 1.807) is 6.92 Å². The van der Waals surface area contributed by atoms with Crippen molar-refractivity contribution in [2.75, 3.05) is 0 Å². The quantitative estimate of drug-likeness (QED) is 0.681. The number of aromatic amines is 1. The van der Waals surface area contributed by atoms with E-state index in [0.29, 0.717) is 0 Å². The molecule has 0 aliphatic carbocycles. The van der Waals surface area contributed by atoms with E-state index >= 15 is 0 Å². The fourth-order valence-electron chi connectivity index (χ4n) is 0.928. The lowest BCUT2D eigenvalue weighted by Crippen LogP contribution is -2.32. The molecule has 5 heteroatoms. The molecule has 0 spiro atoms. The number of nitrogens with one attached hydrogen (secondary N) is 1. The van der Waals surface area contributed by atoms with Crippen LogP contribution in [0, 0.1) is 0 Å². The minimum atomic E-state index is -0.560. The molecule has 0 amide bonds. The third-order valence-electron chi connectivity index (χ3n) is 1.86. The lowest BCUT2D eigenvalue weighted by Gasteiger charge is -2.09. The Kier molecular flexibility index (Phi) is 2.46. The van der Waals surface area contributed by atoms with Crippen molar-refractivity contribution in [2.45, 2.75) is 19.9 Å². The van der Waals surface area contributed by atoms with E-state index in [1.165, 1.54) is 23.8 Å². The van der Waals surface area contributed by atoms with Crippen molar-refractivity contribution in [1.82, 2.24) is 9.55 Å². The molecule has 0 radical (unpaired) electrons. The third kappa shape index (κ3) is 1.93. The highest BCUT2D eigenvalue weighted by Gasteiger charge is 2.10. The molecule has 13 heavy (non-hydrogen) atoms. The summed E-state index contributed by atoms with van der Waals surface area (Å²) in [6.45, 7) is 2.99. The summed E-state index contributed by atoms with van der Waals surface area (Å²) < 4.78 is 1.18. The van der Waals surface area contributed by atoms with Gasteiger partial charge in [0.1, 0.15) is 0 Å². The Labute approximate surface area is 74.0 Å². The minimum absolute atomic E-state index is 0.130. The van der Waals surface area contributed by atoms with Gasteiger partial charge in [-0.25, -0.2) is 4.79 Å². The number of hydrogen-bond acceptors (Lipinski definition) is 3. The molecule has 0 bridgehead atoms. The van der Waals surface area contributed by atoms with E-state index in [0.717, 1.165) is 0 Å². The van der Waals surface area contributed by atoms with Crippen molar-refractivity contribution < 1.29 is 4.79 Å². The number of H-pyrrole nitrogens is 1. The van der Waals surface area contributed by atoms with Crippen LogP contribution in [0.4, 0.5) is 0 Å². The Morgan fingerprint density at radius 3 is 2.62 bits per heavy atom. The molecule has 70 valence electrons. The van der Waals surface area contributed by atoms with Gasteiger partial charge in [-0.2, -0.15) is 0 Å². The maximum absolute atomic E-state index is 11.1. The van der Waals surface area contributed by atoms with E-state index in [-0.39, 0.29) is 5.78 Å². The summed E-state index contributed by atoms with van der Waals surface area (Å²) in [5.74, 6) is -0.130. The van der Waals surface area contributed by atoms with E-state index in [1.807, 2.05) is 0 Å². The zero-order chi connectivity index (χ0) is 10.0. The molecule has 1 rings (SSSR count). The Morgan fingerprint density at radius 2 is 2.15 bits per heavy atom. The molecule has 5 nitrogen and oxygen atoms in total. The lowest BCUT2D eigenvalue weighted by atomic mass is 10.2. The molecule has 0 saturated heterocycles.